The predicted molar refractivity (Wildman–Crippen MR) is 116 cm³/mol. The third kappa shape index (κ3) is 3.24. The molecule has 3 aromatic rings. The fourth-order valence-corrected chi connectivity index (χ4v) is 4.05. The van der Waals surface area contributed by atoms with Crippen molar-refractivity contribution in [3.63, 3.8) is 0 Å². The van der Waals surface area contributed by atoms with Gasteiger partial charge in [0.1, 0.15) is 17.4 Å². The van der Waals surface area contributed by atoms with E-state index < -0.39 is 5.41 Å². The van der Waals surface area contributed by atoms with Gasteiger partial charge in [-0.1, -0.05) is 39.0 Å². The Bertz CT molecular complexity index is 1250. The average molecular weight is 403 g/mol. The molecule has 5 nitrogen and oxygen atoms in total. The number of nitrogens with zero attached hydrogens (tertiary/aromatic N) is 1. The van der Waals surface area contributed by atoms with Gasteiger partial charge in [0.15, 0.2) is 5.78 Å². The van der Waals surface area contributed by atoms with E-state index in [1.807, 2.05) is 43.9 Å². The number of rotatable bonds is 2. The van der Waals surface area contributed by atoms with Gasteiger partial charge in [0.25, 0.3) is 0 Å². The van der Waals surface area contributed by atoms with E-state index in [1.54, 1.807) is 6.07 Å². The van der Waals surface area contributed by atoms with Crippen molar-refractivity contribution in [2.75, 3.05) is 0 Å². The molecule has 1 aliphatic rings. The first kappa shape index (κ1) is 20.1. The highest BCUT2D eigenvalue weighted by Gasteiger charge is 2.35. The number of hydrogen-bond donors (Lipinski definition) is 0. The van der Waals surface area contributed by atoms with Crippen LogP contribution in [-0.2, 0) is 11.3 Å². The second-order valence-electron chi connectivity index (χ2n) is 9.02. The Morgan fingerprint density at radius 1 is 1.07 bits per heavy atom. The summed E-state index contributed by atoms with van der Waals surface area (Å²) in [5.41, 5.74) is 3.97. The molecule has 154 valence electrons. The molecule has 0 saturated carbocycles. The molecular weight excluding hydrogens is 378 g/mol. The van der Waals surface area contributed by atoms with Crippen LogP contribution in [0.1, 0.15) is 62.1 Å². The second kappa shape index (κ2) is 6.94. The Labute approximate surface area is 175 Å². The zero-order valence-corrected chi connectivity index (χ0v) is 17.9. The van der Waals surface area contributed by atoms with Crippen molar-refractivity contribution >= 4 is 22.7 Å². The number of fused-ring (bicyclic) bond motifs is 2. The van der Waals surface area contributed by atoms with Crippen LogP contribution in [-0.4, -0.2) is 16.6 Å². The summed E-state index contributed by atoms with van der Waals surface area (Å²) in [6.07, 6.45) is 1.23. The Hall–Kier alpha value is -3.21. The summed E-state index contributed by atoms with van der Waals surface area (Å²) in [7, 11) is 0. The maximum absolute atomic E-state index is 12.8. The lowest BCUT2D eigenvalue weighted by atomic mass is 9.94. The molecule has 0 bridgehead atoms. The second-order valence-corrected chi connectivity index (χ2v) is 9.02. The molecule has 30 heavy (non-hydrogen) atoms. The summed E-state index contributed by atoms with van der Waals surface area (Å²) in [6, 6.07) is 11.6. The van der Waals surface area contributed by atoms with Crippen LogP contribution in [0.4, 0.5) is 0 Å². The number of amides is 1. The third-order valence-corrected chi connectivity index (χ3v) is 5.79. The molecule has 0 spiro atoms. The van der Waals surface area contributed by atoms with Crippen molar-refractivity contribution in [3.8, 4) is 11.1 Å². The van der Waals surface area contributed by atoms with E-state index in [0.29, 0.717) is 17.5 Å². The molecule has 4 rings (SSSR count). The quantitative estimate of drug-likeness (QED) is 0.558. The van der Waals surface area contributed by atoms with E-state index >= 15 is 0 Å². The fraction of sp³-hybridized carbons (Fsp3) is 0.320. The minimum atomic E-state index is -0.423. The topological polar surface area (TPSA) is 67.6 Å². The molecule has 0 unspecified atom stereocenters. The van der Waals surface area contributed by atoms with Crippen LogP contribution in [0, 0.1) is 5.41 Å². The Kier molecular flexibility index (Phi) is 4.64. The van der Waals surface area contributed by atoms with Gasteiger partial charge in [-0.05, 0) is 54.3 Å². The summed E-state index contributed by atoms with van der Waals surface area (Å²) in [5.74, 6) is -0.168. The molecule has 0 radical (unpaired) electrons. The van der Waals surface area contributed by atoms with Crippen molar-refractivity contribution in [2.24, 2.45) is 5.41 Å². The van der Waals surface area contributed by atoms with Gasteiger partial charge in [-0.25, -0.2) is 0 Å². The van der Waals surface area contributed by atoms with E-state index in [0.717, 1.165) is 22.3 Å². The first-order valence-electron chi connectivity index (χ1n) is 10.1. The van der Waals surface area contributed by atoms with Crippen LogP contribution >= 0.6 is 0 Å². The van der Waals surface area contributed by atoms with Gasteiger partial charge in [0.2, 0.25) is 11.3 Å². The van der Waals surface area contributed by atoms with Crippen molar-refractivity contribution < 1.29 is 14.0 Å². The maximum atomic E-state index is 12.8. The molecule has 1 aromatic heterocycles. The van der Waals surface area contributed by atoms with Crippen LogP contribution in [0.25, 0.3) is 22.1 Å². The van der Waals surface area contributed by atoms with Gasteiger partial charge in [0, 0.05) is 12.0 Å². The molecule has 1 aliphatic heterocycles. The Morgan fingerprint density at radius 3 is 2.40 bits per heavy atom. The van der Waals surface area contributed by atoms with E-state index in [4.69, 9.17) is 4.42 Å². The van der Waals surface area contributed by atoms with Crippen LogP contribution in [0.15, 0.2) is 51.9 Å². The van der Waals surface area contributed by atoms with Gasteiger partial charge >= 0.3 is 0 Å². The maximum Gasteiger partial charge on any atom is 0.228 e. The third-order valence-electron chi connectivity index (χ3n) is 5.79. The van der Waals surface area contributed by atoms with Crippen LogP contribution in [0.2, 0.25) is 0 Å². The first-order valence-corrected chi connectivity index (χ1v) is 10.1. The summed E-state index contributed by atoms with van der Waals surface area (Å²) in [4.78, 5) is 38.8. The zero-order valence-electron chi connectivity index (χ0n) is 17.9. The molecule has 2 heterocycles. The standard InChI is InChI=1S/C25H25NO4/c1-14-19-8-6-16(10-18(19)12-26(14)24(29)25(3,4)5)17-7-9-20-22(11-17)30-13-21(15(2)27)23(20)28/h6-11,13-14H,12H2,1-5H3/t14-/m1/s1. The molecule has 1 atom stereocenters. The Morgan fingerprint density at radius 2 is 1.73 bits per heavy atom. The highest BCUT2D eigenvalue weighted by atomic mass is 16.3. The fourth-order valence-electron chi connectivity index (χ4n) is 4.05. The van der Waals surface area contributed by atoms with E-state index in [2.05, 4.69) is 19.1 Å². The summed E-state index contributed by atoms with van der Waals surface area (Å²) in [6.45, 7) is 9.83. The normalized spacial score (nSPS) is 16.0. The van der Waals surface area contributed by atoms with E-state index in [9.17, 15) is 14.4 Å². The summed E-state index contributed by atoms with van der Waals surface area (Å²) < 4.78 is 5.57. The molecular formula is C25H25NO4. The lowest BCUT2D eigenvalue weighted by molar-refractivity contribution is -0.141. The molecule has 5 heteroatoms. The first-order chi connectivity index (χ1) is 14.1. The van der Waals surface area contributed by atoms with E-state index in [1.165, 1.54) is 13.2 Å². The number of hydrogen-bond acceptors (Lipinski definition) is 4. The number of carbonyl (C=O) groups excluding carboxylic acids is 2. The van der Waals surface area contributed by atoms with Gasteiger partial charge in [0.05, 0.1) is 11.4 Å². The number of Topliss-reactive ketones (excluding diaryl/α,β-unsaturated/α-hetero) is 1. The largest absolute Gasteiger partial charge is 0.463 e. The average Bonchev–Trinajstić information content (AvgIpc) is 3.02. The molecule has 2 aromatic carbocycles. The molecule has 1 amide bonds. The molecule has 0 N–H and O–H groups in total. The highest BCUT2D eigenvalue weighted by Crippen LogP contribution is 2.38. The summed E-state index contributed by atoms with van der Waals surface area (Å²) in [5, 5.41) is 0.392. The number of benzene rings is 2. The smallest absolute Gasteiger partial charge is 0.228 e. The van der Waals surface area contributed by atoms with Crippen molar-refractivity contribution in [3.05, 3.63) is 69.6 Å². The lowest BCUT2D eigenvalue weighted by Crippen LogP contribution is -2.37. The zero-order chi connectivity index (χ0) is 21.8. The van der Waals surface area contributed by atoms with Crippen molar-refractivity contribution in [1.29, 1.82) is 0 Å². The monoisotopic (exact) mass is 403 g/mol. The molecule has 0 aliphatic carbocycles. The minimum absolute atomic E-state index is 0.0420. The summed E-state index contributed by atoms with van der Waals surface area (Å²) >= 11 is 0. The Balaban J connectivity index is 1.72. The van der Waals surface area contributed by atoms with Crippen LogP contribution in [0.3, 0.4) is 0 Å². The molecule has 0 saturated heterocycles. The number of ketones is 1. The van der Waals surface area contributed by atoms with Gasteiger partial charge in [-0.15, -0.1) is 0 Å². The number of carbonyl (C=O) groups is 2. The van der Waals surface area contributed by atoms with Crippen LogP contribution in [0.5, 0.6) is 0 Å². The van der Waals surface area contributed by atoms with Crippen LogP contribution < -0.4 is 5.43 Å². The van der Waals surface area contributed by atoms with Gasteiger partial charge in [-0.3, -0.25) is 14.4 Å². The van der Waals surface area contributed by atoms with Crippen molar-refractivity contribution in [2.45, 2.75) is 47.2 Å². The highest BCUT2D eigenvalue weighted by molar-refractivity contribution is 5.97. The lowest BCUT2D eigenvalue weighted by Gasteiger charge is -2.29. The van der Waals surface area contributed by atoms with Crippen molar-refractivity contribution in [1.82, 2.24) is 4.90 Å². The van der Waals surface area contributed by atoms with Gasteiger partial charge in [-0.2, -0.15) is 0 Å². The minimum Gasteiger partial charge on any atom is -0.463 e. The predicted octanol–water partition coefficient (Wildman–Crippen LogP) is 5.11. The van der Waals surface area contributed by atoms with Gasteiger partial charge < -0.3 is 9.32 Å². The van der Waals surface area contributed by atoms with E-state index in [-0.39, 0.29) is 28.7 Å². The SMILES string of the molecule is CC(=O)c1coc2cc(-c3ccc4c(c3)CN(C(=O)C(C)(C)C)[C@@H]4C)ccc2c1=O. The molecule has 0 fully saturated rings.